The van der Waals surface area contributed by atoms with E-state index < -0.39 is 0 Å². The van der Waals surface area contributed by atoms with E-state index >= 15 is 0 Å². The first-order chi connectivity index (χ1) is 12.3. The smallest absolute Gasteiger partial charge is 0.141 e. The van der Waals surface area contributed by atoms with Gasteiger partial charge in [0.15, 0.2) is 0 Å². The SMILES string of the molecule is [B]c1cc2cc(CC(C)(C)C)ccc2c(-c2cc(CC)cc(CC)c2)n1. The molecule has 0 spiro atoms. The van der Waals surface area contributed by atoms with Gasteiger partial charge < -0.3 is 0 Å². The Labute approximate surface area is 159 Å². The van der Waals surface area contributed by atoms with Crippen LogP contribution in [0.15, 0.2) is 42.5 Å². The van der Waals surface area contributed by atoms with E-state index in [1.807, 2.05) is 6.07 Å². The first-order valence-corrected chi connectivity index (χ1v) is 9.61. The monoisotopic (exact) mass is 341 g/mol. The maximum atomic E-state index is 6.17. The van der Waals surface area contributed by atoms with E-state index in [-0.39, 0.29) is 5.41 Å². The number of benzene rings is 2. The van der Waals surface area contributed by atoms with Crippen molar-refractivity contribution in [3.63, 3.8) is 0 Å². The van der Waals surface area contributed by atoms with Crippen molar-refractivity contribution in [2.24, 2.45) is 5.41 Å². The molecule has 132 valence electrons. The molecule has 0 aliphatic heterocycles. The Balaban J connectivity index is 2.17. The number of hydrogen-bond donors (Lipinski definition) is 0. The van der Waals surface area contributed by atoms with Crippen LogP contribution in [-0.4, -0.2) is 12.8 Å². The van der Waals surface area contributed by atoms with Crippen molar-refractivity contribution in [3.05, 3.63) is 59.2 Å². The van der Waals surface area contributed by atoms with Crippen LogP contribution in [0.3, 0.4) is 0 Å². The molecule has 0 unspecified atom stereocenters. The third kappa shape index (κ3) is 4.18. The molecule has 1 heterocycles. The number of aryl methyl sites for hydroxylation is 2. The Morgan fingerprint density at radius 2 is 1.50 bits per heavy atom. The van der Waals surface area contributed by atoms with Crippen molar-refractivity contribution in [2.45, 2.75) is 53.9 Å². The Kier molecular flexibility index (Phi) is 5.23. The highest BCUT2D eigenvalue weighted by molar-refractivity contribution is 6.32. The summed E-state index contributed by atoms with van der Waals surface area (Å²) < 4.78 is 0. The summed E-state index contributed by atoms with van der Waals surface area (Å²) in [5.74, 6) is 0. The first kappa shape index (κ1) is 18.7. The van der Waals surface area contributed by atoms with E-state index in [0.29, 0.717) is 5.59 Å². The van der Waals surface area contributed by atoms with Crippen LogP contribution in [0.1, 0.15) is 51.3 Å². The van der Waals surface area contributed by atoms with Crippen LogP contribution in [-0.2, 0) is 19.3 Å². The van der Waals surface area contributed by atoms with Crippen molar-refractivity contribution in [3.8, 4) is 11.3 Å². The maximum absolute atomic E-state index is 6.17. The van der Waals surface area contributed by atoms with Crippen molar-refractivity contribution < 1.29 is 0 Å². The van der Waals surface area contributed by atoms with E-state index in [9.17, 15) is 0 Å². The average molecular weight is 341 g/mol. The first-order valence-electron chi connectivity index (χ1n) is 9.61. The highest BCUT2D eigenvalue weighted by Crippen LogP contribution is 2.30. The van der Waals surface area contributed by atoms with Crippen LogP contribution in [0.25, 0.3) is 22.0 Å². The summed E-state index contributed by atoms with van der Waals surface area (Å²) in [4.78, 5) is 4.70. The minimum atomic E-state index is 0.264. The molecule has 1 aromatic heterocycles. The molecule has 0 N–H and O–H groups in total. The molecule has 0 saturated carbocycles. The predicted octanol–water partition coefficient (Wildman–Crippen LogP) is 5.41. The standard InChI is InChI=1S/C24H28BN/c1-6-16-10-17(7-2)12-20(11-16)23-21-9-8-18(15-24(3,4)5)13-19(21)14-22(25)26-23/h8-14H,6-7,15H2,1-5H3. The second-order valence-corrected chi connectivity index (χ2v) is 8.43. The maximum Gasteiger partial charge on any atom is 0.141 e. The summed E-state index contributed by atoms with van der Waals surface area (Å²) in [5.41, 5.74) is 7.05. The minimum Gasteiger partial charge on any atom is -0.264 e. The number of rotatable bonds is 4. The van der Waals surface area contributed by atoms with Gasteiger partial charge in [-0.25, -0.2) is 0 Å². The molecule has 0 amide bonds. The Hall–Kier alpha value is -2.09. The van der Waals surface area contributed by atoms with Gasteiger partial charge in [-0.05, 0) is 70.5 Å². The molecular weight excluding hydrogens is 313 g/mol. The van der Waals surface area contributed by atoms with Gasteiger partial charge in [0.2, 0.25) is 0 Å². The van der Waals surface area contributed by atoms with Crippen LogP contribution in [0.4, 0.5) is 0 Å². The lowest BCUT2D eigenvalue weighted by Crippen LogP contribution is -2.11. The molecule has 0 saturated heterocycles. The summed E-state index contributed by atoms with van der Waals surface area (Å²) in [5, 5.41) is 2.35. The third-order valence-electron chi connectivity index (χ3n) is 4.79. The van der Waals surface area contributed by atoms with E-state index in [4.69, 9.17) is 12.8 Å². The van der Waals surface area contributed by atoms with Gasteiger partial charge in [-0.15, -0.1) is 0 Å². The Morgan fingerprint density at radius 3 is 2.08 bits per heavy atom. The summed E-state index contributed by atoms with van der Waals surface area (Å²) in [7, 11) is 6.17. The quantitative estimate of drug-likeness (QED) is 0.578. The summed E-state index contributed by atoms with van der Waals surface area (Å²) >= 11 is 0. The highest BCUT2D eigenvalue weighted by Gasteiger charge is 2.13. The normalized spacial score (nSPS) is 11.9. The predicted molar refractivity (Wildman–Crippen MR) is 114 cm³/mol. The fraction of sp³-hybridized carbons (Fsp3) is 0.375. The molecule has 0 bridgehead atoms. The third-order valence-corrected chi connectivity index (χ3v) is 4.79. The van der Waals surface area contributed by atoms with Gasteiger partial charge >= 0.3 is 0 Å². The van der Waals surface area contributed by atoms with Crippen LogP contribution in [0.5, 0.6) is 0 Å². The zero-order chi connectivity index (χ0) is 18.9. The van der Waals surface area contributed by atoms with Gasteiger partial charge in [0.1, 0.15) is 7.85 Å². The lowest BCUT2D eigenvalue weighted by molar-refractivity contribution is 0.411. The second kappa shape index (κ2) is 7.27. The molecule has 2 aromatic carbocycles. The van der Waals surface area contributed by atoms with Gasteiger partial charge in [-0.2, -0.15) is 0 Å². The molecule has 2 heteroatoms. The number of pyridine rings is 1. The van der Waals surface area contributed by atoms with Gasteiger partial charge in [0.05, 0.1) is 5.69 Å². The number of aromatic nitrogens is 1. The zero-order valence-electron chi connectivity index (χ0n) is 16.7. The Bertz CT molecular complexity index is 913. The van der Waals surface area contributed by atoms with Crippen LogP contribution in [0.2, 0.25) is 0 Å². The topological polar surface area (TPSA) is 12.9 Å². The molecular formula is C24H28BN. The summed E-state index contributed by atoms with van der Waals surface area (Å²) in [6.45, 7) is 11.2. The van der Waals surface area contributed by atoms with Gasteiger partial charge in [-0.1, -0.05) is 58.9 Å². The fourth-order valence-electron chi connectivity index (χ4n) is 3.58. The fourth-order valence-corrected chi connectivity index (χ4v) is 3.58. The van der Waals surface area contributed by atoms with Crippen molar-refractivity contribution in [1.29, 1.82) is 0 Å². The van der Waals surface area contributed by atoms with Crippen LogP contribution in [0, 0.1) is 5.41 Å². The molecule has 0 aliphatic carbocycles. The minimum absolute atomic E-state index is 0.264. The summed E-state index contributed by atoms with van der Waals surface area (Å²) in [6, 6.07) is 15.5. The largest absolute Gasteiger partial charge is 0.264 e. The van der Waals surface area contributed by atoms with Gasteiger partial charge in [0.25, 0.3) is 0 Å². The molecule has 26 heavy (non-hydrogen) atoms. The van der Waals surface area contributed by atoms with Crippen molar-refractivity contribution >= 4 is 24.2 Å². The van der Waals surface area contributed by atoms with E-state index in [0.717, 1.165) is 25.0 Å². The summed E-state index contributed by atoms with van der Waals surface area (Å²) in [6.07, 6.45) is 3.10. The number of hydrogen-bond acceptors (Lipinski definition) is 1. The highest BCUT2D eigenvalue weighted by atomic mass is 14.7. The van der Waals surface area contributed by atoms with Crippen molar-refractivity contribution in [2.75, 3.05) is 0 Å². The number of fused-ring (bicyclic) bond motifs is 1. The molecule has 0 atom stereocenters. The van der Waals surface area contributed by atoms with Gasteiger partial charge in [0, 0.05) is 10.9 Å². The Morgan fingerprint density at radius 1 is 0.846 bits per heavy atom. The lowest BCUT2D eigenvalue weighted by atomic mass is 9.86. The molecule has 0 aliphatic rings. The molecule has 0 fully saturated rings. The molecule has 2 radical (unpaired) electrons. The second-order valence-electron chi connectivity index (χ2n) is 8.43. The number of nitrogens with zero attached hydrogens (tertiary/aromatic N) is 1. The van der Waals surface area contributed by atoms with E-state index in [2.05, 4.69) is 71.0 Å². The van der Waals surface area contributed by atoms with Crippen LogP contribution >= 0.6 is 0 Å². The van der Waals surface area contributed by atoms with Crippen molar-refractivity contribution in [1.82, 2.24) is 4.98 Å². The van der Waals surface area contributed by atoms with E-state index in [1.54, 1.807) is 0 Å². The van der Waals surface area contributed by atoms with Gasteiger partial charge in [-0.3, -0.25) is 4.98 Å². The molecule has 1 nitrogen and oxygen atoms in total. The lowest BCUT2D eigenvalue weighted by Gasteiger charge is -2.19. The average Bonchev–Trinajstić information content (AvgIpc) is 2.58. The zero-order valence-corrected chi connectivity index (χ0v) is 16.7. The van der Waals surface area contributed by atoms with Crippen LogP contribution < -0.4 is 5.59 Å². The van der Waals surface area contributed by atoms with E-state index in [1.165, 1.54) is 33.0 Å². The molecule has 3 rings (SSSR count). The molecule has 3 aromatic rings.